The fourth-order valence-corrected chi connectivity index (χ4v) is 8.50. The molecule has 7 heteroatoms. The van der Waals surface area contributed by atoms with Crippen molar-refractivity contribution in [2.45, 2.75) is 87.6 Å². The summed E-state index contributed by atoms with van der Waals surface area (Å²) >= 11 is 0. The molecule has 0 radical (unpaired) electrons. The number of rotatable bonds is 5. The quantitative estimate of drug-likeness (QED) is 0.406. The molecule has 1 N–H and O–H groups in total. The minimum Gasteiger partial charge on any atom is -0.459 e. The predicted octanol–water partition coefficient (Wildman–Crippen LogP) is 2.44. The van der Waals surface area contributed by atoms with Crippen LogP contribution in [-0.4, -0.2) is 45.9 Å². The van der Waals surface area contributed by atoms with Crippen LogP contribution in [0.5, 0.6) is 0 Å². The van der Waals surface area contributed by atoms with Gasteiger partial charge in [0.2, 0.25) is 0 Å². The van der Waals surface area contributed by atoms with Crippen molar-refractivity contribution in [3.05, 3.63) is 12.2 Å². The SMILES string of the molecule is C=C(C)C(=O)OC1(CC(=O)OC23CC4CC(CC(O)(C4)C2)C3)C2CC3C(=O)OC1C3C2. The highest BCUT2D eigenvalue weighted by atomic mass is 16.6. The average molecular weight is 430 g/mol. The van der Waals surface area contributed by atoms with Gasteiger partial charge in [-0.15, -0.1) is 0 Å². The van der Waals surface area contributed by atoms with E-state index in [-0.39, 0.29) is 35.7 Å². The number of fused-ring (bicyclic) bond motifs is 1. The maximum absolute atomic E-state index is 13.3. The molecule has 7 fully saturated rings. The third kappa shape index (κ3) is 2.77. The van der Waals surface area contributed by atoms with Crippen molar-refractivity contribution < 1.29 is 33.7 Å². The number of hydrogen-bond acceptors (Lipinski definition) is 7. The van der Waals surface area contributed by atoms with Gasteiger partial charge in [-0.2, -0.15) is 0 Å². The molecule has 0 aromatic rings. The lowest BCUT2D eigenvalue weighted by Crippen LogP contribution is -2.61. The van der Waals surface area contributed by atoms with Crippen molar-refractivity contribution in [3.63, 3.8) is 0 Å². The normalized spacial score (nSPS) is 50.5. The van der Waals surface area contributed by atoms with E-state index in [1.165, 1.54) is 0 Å². The molecule has 7 aliphatic rings. The van der Waals surface area contributed by atoms with Gasteiger partial charge in [0.1, 0.15) is 11.7 Å². The second-order valence-corrected chi connectivity index (χ2v) is 11.4. The lowest BCUT2D eigenvalue weighted by Gasteiger charge is -2.59. The summed E-state index contributed by atoms with van der Waals surface area (Å²) < 4.78 is 17.7. The number of hydrogen-bond donors (Lipinski definition) is 1. The van der Waals surface area contributed by atoms with Crippen LogP contribution < -0.4 is 0 Å². The molecule has 7 atom stereocenters. The van der Waals surface area contributed by atoms with Gasteiger partial charge in [0.05, 0.1) is 17.9 Å². The minimum atomic E-state index is -1.18. The van der Waals surface area contributed by atoms with E-state index in [1.807, 2.05) is 0 Å². The molecule has 0 aromatic heterocycles. The van der Waals surface area contributed by atoms with Crippen LogP contribution in [0.3, 0.4) is 0 Å². The van der Waals surface area contributed by atoms with Crippen molar-refractivity contribution in [3.8, 4) is 0 Å². The number of carbonyl (C=O) groups excluding carboxylic acids is 3. The molecule has 1 heterocycles. The summed E-state index contributed by atoms with van der Waals surface area (Å²) in [4.78, 5) is 38.1. The fraction of sp³-hybridized carbons (Fsp3) is 0.792. The molecule has 7 nitrogen and oxygen atoms in total. The van der Waals surface area contributed by atoms with Gasteiger partial charge in [-0.3, -0.25) is 9.59 Å². The van der Waals surface area contributed by atoms with Crippen LogP contribution in [0.25, 0.3) is 0 Å². The van der Waals surface area contributed by atoms with E-state index < -0.39 is 34.8 Å². The maximum atomic E-state index is 13.3. The first-order valence-electron chi connectivity index (χ1n) is 11.6. The third-order valence-corrected chi connectivity index (χ3v) is 9.08. The van der Waals surface area contributed by atoms with Gasteiger partial charge in [-0.05, 0) is 63.7 Å². The Kier molecular flexibility index (Phi) is 3.90. The maximum Gasteiger partial charge on any atom is 0.333 e. The summed E-state index contributed by atoms with van der Waals surface area (Å²) in [5.41, 5.74) is -2.28. The number of aliphatic hydroxyl groups is 1. The van der Waals surface area contributed by atoms with Gasteiger partial charge < -0.3 is 19.3 Å². The Labute approximate surface area is 181 Å². The molecular weight excluding hydrogens is 400 g/mol. The molecule has 0 aromatic carbocycles. The van der Waals surface area contributed by atoms with Gasteiger partial charge in [-0.1, -0.05) is 6.58 Å². The predicted molar refractivity (Wildman–Crippen MR) is 106 cm³/mol. The molecule has 0 amide bonds. The molecule has 7 rings (SSSR count). The molecule has 6 aliphatic carbocycles. The van der Waals surface area contributed by atoms with Gasteiger partial charge >= 0.3 is 17.9 Å². The van der Waals surface area contributed by atoms with E-state index in [0.717, 1.165) is 32.1 Å². The molecule has 6 saturated carbocycles. The Morgan fingerprint density at radius 2 is 1.84 bits per heavy atom. The summed E-state index contributed by atoms with van der Waals surface area (Å²) in [6.07, 6.45) is 5.35. The van der Waals surface area contributed by atoms with Crippen LogP contribution in [0.4, 0.5) is 0 Å². The second-order valence-electron chi connectivity index (χ2n) is 11.4. The first-order chi connectivity index (χ1) is 14.6. The van der Waals surface area contributed by atoms with Crippen LogP contribution in [0.15, 0.2) is 12.2 Å². The summed E-state index contributed by atoms with van der Waals surface area (Å²) in [7, 11) is 0. The first kappa shape index (κ1) is 19.8. The Morgan fingerprint density at radius 3 is 2.48 bits per heavy atom. The molecule has 168 valence electrons. The zero-order chi connectivity index (χ0) is 21.8. The standard InChI is InChI=1S/C24H30O7/c1-12(2)20(26)31-24(15-4-16-17(5-15)21(27)29-19(16)24)10-18(25)30-23-8-13-3-14(9-23)7-22(28,6-13)11-23/h13-17,19,28H,1,3-11H2,2H3. The van der Waals surface area contributed by atoms with Crippen LogP contribution in [-0.2, 0) is 28.6 Å². The lowest BCUT2D eigenvalue weighted by atomic mass is 9.52. The van der Waals surface area contributed by atoms with Crippen molar-refractivity contribution in [1.82, 2.24) is 0 Å². The highest BCUT2D eigenvalue weighted by molar-refractivity contribution is 5.88. The molecule has 1 saturated heterocycles. The van der Waals surface area contributed by atoms with Crippen molar-refractivity contribution in [2.24, 2.45) is 29.6 Å². The zero-order valence-corrected chi connectivity index (χ0v) is 17.9. The van der Waals surface area contributed by atoms with Crippen molar-refractivity contribution >= 4 is 17.9 Å². The molecule has 7 unspecified atom stereocenters. The summed E-state index contributed by atoms with van der Waals surface area (Å²) in [6, 6.07) is 0. The van der Waals surface area contributed by atoms with E-state index in [0.29, 0.717) is 31.1 Å². The van der Waals surface area contributed by atoms with Gasteiger partial charge in [-0.25, -0.2) is 4.79 Å². The van der Waals surface area contributed by atoms with Gasteiger partial charge in [0.25, 0.3) is 0 Å². The van der Waals surface area contributed by atoms with Crippen LogP contribution in [0.2, 0.25) is 0 Å². The Balaban J connectivity index is 1.26. The van der Waals surface area contributed by atoms with Crippen LogP contribution in [0, 0.1) is 29.6 Å². The lowest BCUT2D eigenvalue weighted by molar-refractivity contribution is -0.225. The van der Waals surface area contributed by atoms with Crippen LogP contribution in [0.1, 0.15) is 64.7 Å². The number of carbonyl (C=O) groups is 3. The van der Waals surface area contributed by atoms with E-state index in [4.69, 9.17) is 14.2 Å². The van der Waals surface area contributed by atoms with Gasteiger partial charge in [0.15, 0.2) is 5.60 Å². The van der Waals surface area contributed by atoms with Crippen molar-refractivity contribution in [2.75, 3.05) is 0 Å². The second kappa shape index (κ2) is 6.12. The Morgan fingerprint density at radius 1 is 1.13 bits per heavy atom. The minimum absolute atomic E-state index is 0.0107. The molecule has 31 heavy (non-hydrogen) atoms. The number of esters is 3. The molecule has 1 aliphatic heterocycles. The van der Waals surface area contributed by atoms with Crippen LogP contribution >= 0.6 is 0 Å². The zero-order valence-electron chi connectivity index (χ0n) is 17.9. The van der Waals surface area contributed by atoms with E-state index >= 15 is 0 Å². The Hall–Kier alpha value is -1.89. The molecule has 6 bridgehead atoms. The Bertz CT molecular complexity index is 878. The fourth-order valence-electron chi connectivity index (χ4n) is 8.50. The topological polar surface area (TPSA) is 99.1 Å². The summed E-state index contributed by atoms with van der Waals surface area (Å²) in [5, 5.41) is 11.0. The average Bonchev–Trinajstić information content (AvgIpc) is 3.24. The highest BCUT2D eigenvalue weighted by Crippen LogP contribution is 2.63. The highest BCUT2D eigenvalue weighted by Gasteiger charge is 2.72. The van der Waals surface area contributed by atoms with E-state index in [2.05, 4.69) is 6.58 Å². The monoisotopic (exact) mass is 430 g/mol. The number of ether oxygens (including phenoxy) is 3. The summed E-state index contributed by atoms with van der Waals surface area (Å²) in [6.45, 7) is 5.24. The van der Waals surface area contributed by atoms with Gasteiger partial charge in [0, 0.05) is 23.8 Å². The third-order valence-electron chi connectivity index (χ3n) is 9.08. The van der Waals surface area contributed by atoms with E-state index in [1.54, 1.807) is 6.92 Å². The van der Waals surface area contributed by atoms with E-state index in [9.17, 15) is 19.5 Å². The van der Waals surface area contributed by atoms with Crippen molar-refractivity contribution in [1.29, 1.82) is 0 Å². The molecule has 0 spiro atoms. The molecular formula is C24H30O7. The summed E-state index contributed by atoms with van der Waals surface area (Å²) in [5.74, 6) is -0.709. The first-order valence-corrected chi connectivity index (χ1v) is 11.6. The smallest absolute Gasteiger partial charge is 0.333 e. The largest absolute Gasteiger partial charge is 0.459 e.